The van der Waals surface area contributed by atoms with Crippen LogP contribution in [0.3, 0.4) is 0 Å². The lowest BCUT2D eigenvalue weighted by atomic mass is 9.99. The molecule has 2 fully saturated rings. The number of benzene rings is 5. The van der Waals surface area contributed by atoms with Crippen molar-refractivity contribution in [1.29, 1.82) is 0 Å². The van der Waals surface area contributed by atoms with Gasteiger partial charge in [-0.05, 0) is 95.8 Å². The highest BCUT2D eigenvalue weighted by atomic mass is 15.2. The second kappa shape index (κ2) is 19.3. The van der Waals surface area contributed by atoms with E-state index in [0.717, 1.165) is 90.5 Å². The largest absolute Gasteiger partial charge is 0.377 e. The second-order valence-corrected chi connectivity index (χ2v) is 16.5. The average molecular weight is 821 g/mol. The molecule has 2 aliphatic rings. The van der Waals surface area contributed by atoms with Gasteiger partial charge in [-0.25, -0.2) is 9.97 Å². The smallest absolute Gasteiger partial charge is 0.130 e. The SMILES string of the molecule is C=C(CC)NC(C(=C)N1CCCC1)c1ccccc1.C=C(CC)NC(C(=C)N1CCC[C@H]1c1nc2ccc(-c3ccc4cc(-c5cnc[nH]5)ccc4c3)cc2[nH]1)c1ccccc1. The third-order valence-electron chi connectivity index (χ3n) is 12.4. The van der Waals surface area contributed by atoms with E-state index in [1.165, 1.54) is 51.6 Å². The van der Waals surface area contributed by atoms with Crippen LogP contribution in [0, 0.1) is 0 Å². The van der Waals surface area contributed by atoms with Gasteiger partial charge in [-0.15, -0.1) is 0 Å². The first-order valence-electron chi connectivity index (χ1n) is 22.2. The summed E-state index contributed by atoms with van der Waals surface area (Å²) in [6.07, 6.45) is 10.1. The lowest BCUT2D eigenvalue weighted by Gasteiger charge is -2.34. The fourth-order valence-electron chi connectivity index (χ4n) is 8.74. The highest BCUT2D eigenvalue weighted by Gasteiger charge is 2.33. The number of imidazole rings is 2. The van der Waals surface area contributed by atoms with Gasteiger partial charge in [-0.3, -0.25) is 0 Å². The van der Waals surface area contributed by atoms with Crippen LogP contribution in [0.2, 0.25) is 0 Å². The lowest BCUT2D eigenvalue weighted by molar-refractivity contribution is 0.290. The third-order valence-corrected chi connectivity index (χ3v) is 12.4. The van der Waals surface area contributed by atoms with Gasteiger partial charge in [0.15, 0.2) is 0 Å². The summed E-state index contributed by atoms with van der Waals surface area (Å²) in [5.41, 5.74) is 13.3. The maximum Gasteiger partial charge on any atom is 0.130 e. The van der Waals surface area contributed by atoms with Crippen LogP contribution in [-0.2, 0) is 0 Å². The molecule has 2 saturated heterocycles. The molecule has 316 valence electrons. The zero-order valence-corrected chi connectivity index (χ0v) is 36.3. The molecule has 7 aromatic rings. The Balaban J connectivity index is 0.000000233. The van der Waals surface area contributed by atoms with E-state index < -0.39 is 0 Å². The molecule has 8 nitrogen and oxygen atoms in total. The van der Waals surface area contributed by atoms with E-state index in [9.17, 15) is 0 Å². The summed E-state index contributed by atoms with van der Waals surface area (Å²) in [6.45, 7) is 24.7. The molecule has 5 aromatic carbocycles. The van der Waals surface area contributed by atoms with E-state index >= 15 is 0 Å². The van der Waals surface area contributed by atoms with E-state index in [4.69, 9.17) is 4.98 Å². The number of nitrogens with one attached hydrogen (secondary N) is 4. The van der Waals surface area contributed by atoms with Crippen molar-refractivity contribution in [3.63, 3.8) is 0 Å². The number of rotatable bonds is 15. The van der Waals surface area contributed by atoms with Gasteiger partial charge < -0.3 is 30.4 Å². The van der Waals surface area contributed by atoms with E-state index in [2.05, 4.69) is 185 Å². The summed E-state index contributed by atoms with van der Waals surface area (Å²) in [5.74, 6) is 0.997. The molecule has 9 rings (SSSR count). The molecule has 4 N–H and O–H groups in total. The highest BCUT2D eigenvalue weighted by Crippen LogP contribution is 2.39. The van der Waals surface area contributed by atoms with Crippen molar-refractivity contribution in [3.8, 4) is 22.4 Å². The summed E-state index contributed by atoms with van der Waals surface area (Å²) >= 11 is 0. The standard InChI is InChI=1S/C37H36N6.C17H24N2/c1-4-24(2)40-36(26-9-6-5-7-10-26)25(3)43-18-8-11-35(43)37-41-32-17-16-30(21-33(32)42-37)28-12-13-29-20-31(15-14-27(29)19-28)34-22-38-23-39-34;1-4-14(2)18-17(16-10-6-5-7-11-16)15(3)19-12-8-9-13-19/h5-7,9-10,12-17,19-23,35-36,40H,2-4,8,11,18H2,1H3,(H,38,39)(H,41,42);5-7,10-11,17-18H,2-4,8-9,12-13H2,1H3/t35-,36?;/m0./s1. The molecular weight excluding hydrogens is 761 g/mol. The minimum atomic E-state index is -0.0336. The van der Waals surface area contributed by atoms with Crippen molar-refractivity contribution < 1.29 is 0 Å². The van der Waals surface area contributed by atoms with Crippen LogP contribution in [0.25, 0.3) is 44.2 Å². The molecule has 8 heteroatoms. The van der Waals surface area contributed by atoms with Gasteiger partial charge in [0.25, 0.3) is 0 Å². The number of hydrogen-bond acceptors (Lipinski definition) is 6. The Labute approximate surface area is 367 Å². The monoisotopic (exact) mass is 820 g/mol. The van der Waals surface area contributed by atoms with E-state index in [1.54, 1.807) is 6.33 Å². The zero-order valence-electron chi connectivity index (χ0n) is 36.3. The molecule has 0 bridgehead atoms. The second-order valence-electron chi connectivity index (χ2n) is 16.5. The van der Waals surface area contributed by atoms with Crippen LogP contribution in [0.4, 0.5) is 0 Å². The normalized spacial score (nSPS) is 15.8. The van der Waals surface area contributed by atoms with Crippen LogP contribution < -0.4 is 10.6 Å². The maximum absolute atomic E-state index is 5.07. The number of fused-ring (bicyclic) bond motifs is 2. The Kier molecular flexibility index (Phi) is 13.0. The first kappa shape index (κ1) is 41.9. The quantitative estimate of drug-likeness (QED) is 0.0824. The average Bonchev–Trinajstić information content (AvgIpc) is 4.18. The summed E-state index contributed by atoms with van der Waals surface area (Å²) in [5, 5.41) is 9.57. The number of aromatic nitrogens is 4. The summed E-state index contributed by atoms with van der Waals surface area (Å²) in [4.78, 5) is 20.9. The Morgan fingerprint density at radius 3 is 1.87 bits per heavy atom. The van der Waals surface area contributed by atoms with Crippen LogP contribution in [-0.4, -0.2) is 49.4 Å². The predicted molar refractivity (Wildman–Crippen MR) is 258 cm³/mol. The molecule has 0 saturated carbocycles. The zero-order chi connectivity index (χ0) is 43.0. The van der Waals surface area contributed by atoms with Crippen molar-refractivity contribution >= 4 is 21.8 Å². The first-order chi connectivity index (χ1) is 30.3. The molecule has 3 atom stereocenters. The Morgan fingerprint density at radius 2 is 1.26 bits per heavy atom. The topological polar surface area (TPSA) is 87.9 Å². The molecule has 0 radical (unpaired) electrons. The number of nitrogens with zero attached hydrogens (tertiary/aromatic N) is 4. The highest BCUT2D eigenvalue weighted by molar-refractivity contribution is 5.91. The van der Waals surface area contributed by atoms with Gasteiger partial charge in [0.05, 0.1) is 47.4 Å². The molecule has 62 heavy (non-hydrogen) atoms. The van der Waals surface area contributed by atoms with Gasteiger partial charge in [-0.2, -0.15) is 0 Å². The van der Waals surface area contributed by atoms with Crippen LogP contribution >= 0.6 is 0 Å². The van der Waals surface area contributed by atoms with Crippen LogP contribution in [0.1, 0.15) is 87.4 Å². The molecular formula is C54H60N8. The van der Waals surface area contributed by atoms with Gasteiger partial charge in [-0.1, -0.05) is 131 Å². The number of allylic oxidation sites excluding steroid dienone is 2. The molecule has 2 unspecified atom stereocenters. The summed E-state index contributed by atoms with van der Waals surface area (Å²) in [6, 6.07) is 41.0. The molecule has 0 spiro atoms. The van der Waals surface area contributed by atoms with Gasteiger partial charge >= 0.3 is 0 Å². The molecule has 2 aliphatic heterocycles. The van der Waals surface area contributed by atoms with E-state index in [-0.39, 0.29) is 18.1 Å². The van der Waals surface area contributed by atoms with Crippen molar-refractivity contribution in [1.82, 2.24) is 40.4 Å². The first-order valence-corrected chi connectivity index (χ1v) is 22.2. The van der Waals surface area contributed by atoms with Gasteiger partial charge in [0, 0.05) is 48.0 Å². The number of hydrogen-bond donors (Lipinski definition) is 4. The third kappa shape index (κ3) is 9.40. The Bertz CT molecular complexity index is 2640. The van der Waals surface area contributed by atoms with Crippen molar-refractivity contribution in [3.05, 3.63) is 194 Å². The fraction of sp³-hybridized carbons (Fsp3) is 0.259. The lowest BCUT2D eigenvalue weighted by Crippen LogP contribution is -2.32. The number of H-pyrrole nitrogens is 2. The van der Waals surface area contributed by atoms with Gasteiger partial charge in [0.1, 0.15) is 5.82 Å². The van der Waals surface area contributed by atoms with Crippen molar-refractivity contribution in [2.45, 2.75) is 70.5 Å². The van der Waals surface area contributed by atoms with Crippen molar-refractivity contribution in [2.75, 3.05) is 19.6 Å². The Morgan fingerprint density at radius 1 is 0.677 bits per heavy atom. The molecule has 0 amide bonds. The molecule has 2 aromatic heterocycles. The number of likely N-dealkylation sites (tertiary alicyclic amines) is 2. The summed E-state index contributed by atoms with van der Waals surface area (Å²) in [7, 11) is 0. The molecule has 0 aliphatic carbocycles. The molecule has 4 heterocycles. The number of aromatic amines is 2. The summed E-state index contributed by atoms with van der Waals surface area (Å²) < 4.78 is 0. The van der Waals surface area contributed by atoms with Gasteiger partial charge in [0.2, 0.25) is 0 Å². The minimum absolute atomic E-state index is 0.0336. The van der Waals surface area contributed by atoms with Crippen LogP contribution in [0.5, 0.6) is 0 Å². The fourth-order valence-corrected chi connectivity index (χ4v) is 8.74. The van der Waals surface area contributed by atoms with E-state index in [0.29, 0.717) is 0 Å². The van der Waals surface area contributed by atoms with Crippen molar-refractivity contribution in [2.24, 2.45) is 0 Å². The maximum atomic E-state index is 5.07. The Hall–Kier alpha value is -6.80. The predicted octanol–water partition coefficient (Wildman–Crippen LogP) is 12.5. The van der Waals surface area contributed by atoms with Crippen LogP contribution in [0.15, 0.2) is 177 Å². The minimum Gasteiger partial charge on any atom is -0.377 e. The van der Waals surface area contributed by atoms with E-state index in [1.807, 2.05) is 12.3 Å².